The Hall–Kier alpha value is -2.50. The monoisotopic (exact) mass is 276 g/mol. The first-order valence-corrected chi connectivity index (χ1v) is 6.13. The van der Waals surface area contributed by atoms with Gasteiger partial charge in [-0.2, -0.15) is 0 Å². The summed E-state index contributed by atoms with van der Waals surface area (Å²) in [5.74, 6) is 0.349. The second-order valence-corrected chi connectivity index (χ2v) is 5.21. The maximum absolute atomic E-state index is 11.6. The van der Waals surface area contributed by atoms with E-state index >= 15 is 0 Å². The zero-order valence-electron chi connectivity index (χ0n) is 11.5. The minimum absolute atomic E-state index is 0.349. The van der Waals surface area contributed by atoms with Crippen LogP contribution in [0.25, 0.3) is 10.9 Å². The second kappa shape index (κ2) is 5.24. The summed E-state index contributed by atoms with van der Waals surface area (Å²) in [7, 11) is 0. The fourth-order valence-corrected chi connectivity index (χ4v) is 1.64. The van der Waals surface area contributed by atoms with Crippen molar-refractivity contribution in [2.45, 2.75) is 26.4 Å². The maximum atomic E-state index is 11.6. The van der Waals surface area contributed by atoms with Crippen LogP contribution in [0.15, 0.2) is 30.5 Å². The molecule has 2 amide bonds. The highest BCUT2D eigenvalue weighted by Gasteiger charge is 2.19. The molecule has 106 valence electrons. The molecule has 0 aliphatic heterocycles. The quantitative estimate of drug-likeness (QED) is 0.838. The van der Waals surface area contributed by atoms with E-state index in [9.17, 15) is 9.59 Å². The van der Waals surface area contributed by atoms with Gasteiger partial charge in [-0.15, -0.1) is 0 Å². The highest BCUT2D eigenvalue weighted by atomic mass is 16.6. The number of H-pyrrole nitrogens is 1. The largest absolute Gasteiger partial charge is 0.443 e. The number of ether oxygens (including phenoxy) is 2. The Kier molecular flexibility index (Phi) is 3.65. The predicted molar refractivity (Wildman–Crippen MR) is 73.7 cm³/mol. The number of carbonyl (C=O) groups is 2. The van der Waals surface area contributed by atoms with Crippen LogP contribution in [-0.2, 0) is 4.74 Å². The van der Waals surface area contributed by atoms with Gasteiger partial charge in [-0.05, 0) is 32.9 Å². The number of aromatic amines is 1. The SMILES string of the molecule is CC(C)(C)OC(=O)NC(=O)Oc1c[nH]c2ccccc12. The normalized spacial score (nSPS) is 11.2. The fraction of sp³-hybridized carbons (Fsp3) is 0.286. The first-order chi connectivity index (χ1) is 9.35. The Morgan fingerprint density at radius 3 is 2.55 bits per heavy atom. The molecule has 2 rings (SSSR count). The molecule has 0 aliphatic rings. The van der Waals surface area contributed by atoms with Gasteiger partial charge in [-0.3, -0.25) is 0 Å². The number of nitrogens with one attached hydrogen (secondary N) is 2. The van der Waals surface area contributed by atoms with Crippen LogP contribution in [0.5, 0.6) is 5.75 Å². The molecule has 0 saturated heterocycles. The van der Waals surface area contributed by atoms with Crippen molar-refractivity contribution in [2.75, 3.05) is 0 Å². The van der Waals surface area contributed by atoms with Crippen molar-refractivity contribution >= 4 is 23.1 Å². The van der Waals surface area contributed by atoms with Gasteiger partial charge in [0.15, 0.2) is 5.75 Å². The van der Waals surface area contributed by atoms with Crippen molar-refractivity contribution in [1.82, 2.24) is 10.3 Å². The summed E-state index contributed by atoms with van der Waals surface area (Å²) in [6.07, 6.45) is -0.175. The summed E-state index contributed by atoms with van der Waals surface area (Å²) in [6, 6.07) is 7.36. The molecule has 2 N–H and O–H groups in total. The van der Waals surface area contributed by atoms with Crippen LogP contribution in [0.1, 0.15) is 20.8 Å². The van der Waals surface area contributed by atoms with Crippen LogP contribution >= 0.6 is 0 Å². The number of benzene rings is 1. The number of hydrogen-bond acceptors (Lipinski definition) is 4. The standard InChI is InChI=1S/C14H16N2O4/c1-14(2,3)20-13(18)16-12(17)19-11-8-15-10-7-5-4-6-9(10)11/h4-8,15H,1-3H3,(H,16,17,18). The van der Waals surface area contributed by atoms with Gasteiger partial charge in [-0.25, -0.2) is 14.9 Å². The smallest absolute Gasteiger partial charge is 0.422 e. The summed E-state index contributed by atoms with van der Waals surface area (Å²) < 4.78 is 10.0. The van der Waals surface area contributed by atoms with Crippen molar-refractivity contribution in [2.24, 2.45) is 0 Å². The number of fused-ring (bicyclic) bond motifs is 1. The summed E-state index contributed by atoms with van der Waals surface area (Å²) in [4.78, 5) is 26.0. The molecule has 2 aromatic rings. The third-order valence-corrected chi connectivity index (χ3v) is 2.36. The molecular weight excluding hydrogens is 260 g/mol. The first kappa shape index (κ1) is 13.9. The lowest BCUT2D eigenvalue weighted by Crippen LogP contribution is -2.37. The molecule has 0 radical (unpaired) electrons. The minimum atomic E-state index is -0.885. The van der Waals surface area contributed by atoms with E-state index in [1.165, 1.54) is 0 Å². The van der Waals surface area contributed by atoms with Crippen LogP contribution in [0.2, 0.25) is 0 Å². The van der Waals surface area contributed by atoms with Crippen molar-refractivity contribution in [3.05, 3.63) is 30.5 Å². The van der Waals surface area contributed by atoms with Crippen LogP contribution in [0, 0.1) is 0 Å². The number of alkyl carbamates (subject to hydrolysis) is 1. The Labute approximate surface area is 116 Å². The van der Waals surface area contributed by atoms with Gasteiger partial charge >= 0.3 is 12.2 Å². The van der Waals surface area contributed by atoms with E-state index in [-0.39, 0.29) is 0 Å². The Balaban J connectivity index is 2.00. The van der Waals surface area contributed by atoms with Crippen LogP contribution in [-0.4, -0.2) is 22.8 Å². The number of hydrogen-bond donors (Lipinski definition) is 2. The first-order valence-electron chi connectivity index (χ1n) is 6.13. The lowest BCUT2D eigenvalue weighted by atomic mass is 10.2. The van der Waals surface area contributed by atoms with Crippen molar-refractivity contribution in [3.8, 4) is 5.75 Å². The topological polar surface area (TPSA) is 80.4 Å². The average Bonchev–Trinajstić information content (AvgIpc) is 2.70. The predicted octanol–water partition coefficient (Wildman–Crippen LogP) is 3.19. The molecule has 0 aliphatic carbocycles. The van der Waals surface area contributed by atoms with E-state index in [2.05, 4.69) is 4.98 Å². The minimum Gasteiger partial charge on any atom is -0.443 e. The molecule has 6 nitrogen and oxygen atoms in total. The summed E-state index contributed by atoms with van der Waals surface area (Å²) >= 11 is 0. The Morgan fingerprint density at radius 2 is 1.85 bits per heavy atom. The lowest BCUT2D eigenvalue weighted by molar-refractivity contribution is 0.0533. The van der Waals surface area contributed by atoms with E-state index in [0.29, 0.717) is 5.75 Å². The molecule has 0 unspecified atom stereocenters. The number of carbonyl (C=O) groups excluding carboxylic acids is 2. The molecule has 0 bridgehead atoms. The van der Waals surface area contributed by atoms with Crippen LogP contribution in [0.3, 0.4) is 0 Å². The fourth-order valence-electron chi connectivity index (χ4n) is 1.64. The van der Waals surface area contributed by atoms with E-state index in [4.69, 9.17) is 9.47 Å². The van der Waals surface area contributed by atoms with Gasteiger partial charge in [0.05, 0.1) is 0 Å². The van der Waals surface area contributed by atoms with Gasteiger partial charge in [-0.1, -0.05) is 12.1 Å². The van der Waals surface area contributed by atoms with Crippen LogP contribution < -0.4 is 10.1 Å². The van der Waals surface area contributed by atoms with Gasteiger partial charge in [0.25, 0.3) is 0 Å². The average molecular weight is 276 g/mol. The van der Waals surface area contributed by atoms with Crippen molar-refractivity contribution in [1.29, 1.82) is 0 Å². The molecule has 6 heteroatoms. The molecule has 1 heterocycles. The van der Waals surface area contributed by atoms with Gasteiger partial charge in [0.1, 0.15) is 5.60 Å². The molecule has 0 saturated carbocycles. The maximum Gasteiger partial charge on any atom is 0.422 e. The molecule has 0 fully saturated rings. The zero-order valence-corrected chi connectivity index (χ0v) is 11.5. The third kappa shape index (κ3) is 3.50. The number of rotatable bonds is 1. The van der Waals surface area contributed by atoms with E-state index in [0.717, 1.165) is 10.9 Å². The zero-order chi connectivity index (χ0) is 14.8. The van der Waals surface area contributed by atoms with E-state index in [1.54, 1.807) is 27.0 Å². The highest BCUT2D eigenvalue weighted by molar-refractivity contribution is 5.92. The summed E-state index contributed by atoms with van der Waals surface area (Å²) in [5.41, 5.74) is 0.165. The van der Waals surface area contributed by atoms with Gasteiger partial charge in [0.2, 0.25) is 0 Å². The number of amides is 2. The lowest BCUT2D eigenvalue weighted by Gasteiger charge is -2.18. The molecule has 0 atom stereocenters. The molecule has 1 aromatic heterocycles. The van der Waals surface area contributed by atoms with Crippen molar-refractivity contribution < 1.29 is 19.1 Å². The molecule has 20 heavy (non-hydrogen) atoms. The number of imide groups is 1. The van der Waals surface area contributed by atoms with Crippen molar-refractivity contribution in [3.63, 3.8) is 0 Å². The molecule has 0 spiro atoms. The molecular formula is C14H16N2O4. The van der Waals surface area contributed by atoms with E-state index in [1.807, 2.05) is 29.6 Å². The summed E-state index contributed by atoms with van der Waals surface area (Å²) in [6.45, 7) is 5.12. The van der Waals surface area contributed by atoms with Gasteiger partial charge in [0, 0.05) is 17.1 Å². The number of para-hydroxylation sites is 1. The Bertz CT molecular complexity index is 640. The van der Waals surface area contributed by atoms with Gasteiger partial charge < -0.3 is 14.5 Å². The third-order valence-electron chi connectivity index (χ3n) is 2.36. The number of aromatic nitrogens is 1. The molecule has 1 aromatic carbocycles. The summed E-state index contributed by atoms with van der Waals surface area (Å²) in [5, 5.41) is 2.76. The second-order valence-electron chi connectivity index (χ2n) is 5.21. The highest BCUT2D eigenvalue weighted by Crippen LogP contribution is 2.24. The Morgan fingerprint density at radius 1 is 1.15 bits per heavy atom. The van der Waals surface area contributed by atoms with Crippen LogP contribution in [0.4, 0.5) is 9.59 Å². The van der Waals surface area contributed by atoms with E-state index < -0.39 is 17.8 Å².